The number of alkyl halides is 3. The summed E-state index contributed by atoms with van der Waals surface area (Å²) in [6, 6.07) is 4.35. The molecule has 1 aromatic rings. The van der Waals surface area contributed by atoms with Crippen LogP contribution in [0, 0.1) is 0 Å². The molecule has 1 amide bonds. The second kappa shape index (κ2) is 5.09. The molecular formula is C14H16F3NO2. The fraction of sp³-hybridized carbons (Fsp3) is 0.500. The molecular weight excluding hydrogens is 271 g/mol. The van der Waals surface area contributed by atoms with Gasteiger partial charge in [-0.2, -0.15) is 13.2 Å². The molecule has 0 unspecified atom stereocenters. The van der Waals surface area contributed by atoms with Crippen molar-refractivity contribution in [1.82, 2.24) is 4.90 Å². The van der Waals surface area contributed by atoms with Gasteiger partial charge in [-0.3, -0.25) is 4.79 Å². The zero-order valence-corrected chi connectivity index (χ0v) is 11.1. The van der Waals surface area contributed by atoms with Crippen LogP contribution in [-0.2, 0) is 6.18 Å². The normalized spacial score (nSPS) is 17.8. The zero-order valence-electron chi connectivity index (χ0n) is 11.1. The Balaban J connectivity index is 2.08. The molecule has 1 aliphatic heterocycles. The summed E-state index contributed by atoms with van der Waals surface area (Å²) in [6.45, 7) is 2.28. The standard InChI is InChI=1S/C14H16F3NO2/c1-2-6-13(20)8-18(9-13)12(19)10-4-3-5-11(7-10)14(15,16)17/h3-5,7,20H,2,6,8-9H2,1H3. The van der Waals surface area contributed by atoms with E-state index in [-0.39, 0.29) is 18.7 Å². The van der Waals surface area contributed by atoms with E-state index in [2.05, 4.69) is 0 Å². The van der Waals surface area contributed by atoms with Crippen LogP contribution >= 0.6 is 0 Å². The van der Waals surface area contributed by atoms with Crippen molar-refractivity contribution in [2.24, 2.45) is 0 Å². The summed E-state index contributed by atoms with van der Waals surface area (Å²) in [6.07, 6.45) is -3.09. The van der Waals surface area contributed by atoms with Gasteiger partial charge in [0.1, 0.15) is 0 Å². The van der Waals surface area contributed by atoms with Crippen LogP contribution in [0.4, 0.5) is 13.2 Å². The first-order chi connectivity index (χ1) is 9.25. The Morgan fingerprint density at radius 2 is 2.05 bits per heavy atom. The van der Waals surface area contributed by atoms with Gasteiger partial charge in [-0.15, -0.1) is 0 Å². The molecule has 20 heavy (non-hydrogen) atoms. The van der Waals surface area contributed by atoms with Crippen molar-refractivity contribution in [3.05, 3.63) is 35.4 Å². The highest BCUT2D eigenvalue weighted by Crippen LogP contribution is 2.31. The van der Waals surface area contributed by atoms with Crippen molar-refractivity contribution >= 4 is 5.91 Å². The van der Waals surface area contributed by atoms with E-state index in [0.717, 1.165) is 18.6 Å². The number of hydrogen-bond donors (Lipinski definition) is 1. The molecule has 1 N–H and O–H groups in total. The zero-order chi connectivity index (χ0) is 15.0. The molecule has 2 rings (SSSR count). The second-order valence-electron chi connectivity index (χ2n) is 5.21. The molecule has 0 spiro atoms. The summed E-state index contributed by atoms with van der Waals surface area (Å²) < 4.78 is 37.8. The summed E-state index contributed by atoms with van der Waals surface area (Å²) in [5.41, 5.74) is -1.72. The monoisotopic (exact) mass is 287 g/mol. The summed E-state index contributed by atoms with van der Waals surface area (Å²) >= 11 is 0. The minimum atomic E-state index is -4.46. The summed E-state index contributed by atoms with van der Waals surface area (Å²) in [4.78, 5) is 13.4. The SMILES string of the molecule is CCCC1(O)CN(C(=O)c2cccc(C(F)(F)F)c2)C1. The van der Waals surface area contributed by atoms with Gasteiger partial charge in [-0.05, 0) is 24.6 Å². The first kappa shape index (κ1) is 14.8. The van der Waals surface area contributed by atoms with Gasteiger partial charge in [-0.25, -0.2) is 0 Å². The predicted molar refractivity (Wildman–Crippen MR) is 67.2 cm³/mol. The number of carbonyl (C=O) groups excluding carboxylic acids is 1. The first-order valence-electron chi connectivity index (χ1n) is 6.44. The van der Waals surface area contributed by atoms with Crippen molar-refractivity contribution in [1.29, 1.82) is 0 Å². The number of rotatable bonds is 3. The fourth-order valence-electron chi connectivity index (χ4n) is 2.44. The van der Waals surface area contributed by atoms with E-state index in [1.165, 1.54) is 17.0 Å². The third-order valence-corrected chi connectivity index (χ3v) is 3.41. The molecule has 1 fully saturated rings. The van der Waals surface area contributed by atoms with Crippen LogP contribution in [0.25, 0.3) is 0 Å². The maximum Gasteiger partial charge on any atom is 0.416 e. The summed E-state index contributed by atoms with van der Waals surface area (Å²) in [5.74, 6) is -0.475. The molecule has 3 nitrogen and oxygen atoms in total. The van der Waals surface area contributed by atoms with Gasteiger partial charge in [0, 0.05) is 5.56 Å². The lowest BCUT2D eigenvalue weighted by molar-refractivity contribution is -0.137. The minimum Gasteiger partial charge on any atom is -0.386 e. The molecule has 0 aliphatic carbocycles. The molecule has 0 atom stereocenters. The smallest absolute Gasteiger partial charge is 0.386 e. The van der Waals surface area contributed by atoms with Crippen molar-refractivity contribution in [3.63, 3.8) is 0 Å². The van der Waals surface area contributed by atoms with Crippen LogP contribution in [-0.4, -0.2) is 34.6 Å². The summed E-state index contributed by atoms with van der Waals surface area (Å²) in [5, 5.41) is 9.99. The number of aliphatic hydroxyl groups is 1. The molecule has 110 valence electrons. The highest BCUT2D eigenvalue weighted by atomic mass is 19.4. The maximum absolute atomic E-state index is 12.6. The van der Waals surface area contributed by atoms with Crippen molar-refractivity contribution < 1.29 is 23.1 Å². The van der Waals surface area contributed by atoms with Crippen LogP contribution < -0.4 is 0 Å². The molecule has 0 aromatic heterocycles. The third-order valence-electron chi connectivity index (χ3n) is 3.41. The van der Waals surface area contributed by atoms with Crippen LogP contribution in [0.15, 0.2) is 24.3 Å². The van der Waals surface area contributed by atoms with Crippen LogP contribution in [0.3, 0.4) is 0 Å². The average Bonchev–Trinajstić information content (AvgIpc) is 2.34. The number of amides is 1. The number of hydrogen-bond acceptors (Lipinski definition) is 2. The molecule has 0 bridgehead atoms. The Morgan fingerprint density at radius 3 is 2.60 bits per heavy atom. The Morgan fingerprint density at radius 1 is 1.40 bits per heavy atom. The van der Waals surface area contributed by atoms with E-state index in [1.54, 1.807) is 0 Å². The number of β-amino-alcohol motifs (C(OH)–C–C–N with tert-alkyl or cyclic N) is 1. The lowest BCUT2D eigenvalue weighted by atomic mass is 9.88. The second-order valence-corrected chi connectivity index (χ2v) is 5.21. The fourth-order valence-corrected chi connectivity index (χ4v) is 2.44. The first-order valence-corrected chi connectivity index (χ1v) is 6.44. The topological polar surface area (TPSA) is 40.5 Å². The summed E-state index contributed by atoms with van der Waals surface area (Å²) in [7, 11) is 0. The van der Waals surface area contributed by atoms with Gasteiger partial charge < -0.3 is 10.0 Å². The van der Waals surface area contributed by atoms with E-state index in [1.807, 2.05) is 6.92 Å². The lowest BCUT2D eigenvalue weighted by Crippen LogP contribution is -2.63. The van der Waals surface area contributed by atoms with Gasteiger partial charge in [0.05, 0.1) is 24.3 Å². The molecule has 0 saturated carbocycles. The lowest BCUT2D eigenvalue weighted by Gasteiger charge is -2.46. The molecule has 1 heterocycles. The predicted octanol–water partition coefficient (Wildman–Crippen LogP) is 2.69. The Kier molecular flexibility index (Phi) is 3.77. The number of nitrogens with zero attached hydrogens (tertiary/aromatic N) is 1. The van der Waals surface area contributed by atoms with E-state index < -0.39 is 23.2 Å². The van der Waals surface area contributed by atoms with Crippen LogP contribution in [0.2, 0.25) is 0 Å². The van der Waals surface area contributed by atoms with Gasteiger partial charge in [0.15, 0.2) is 0 Å². The Bertz CT molecular complexity index is 507. The Labute approximate surface area is 115 Å². The van der Waals surface area contributed by atoms with E-state index >= 15 is 0 Å². The third kappa shape index (κ3) is 2.95. The van der Waals surface area contributed by atoms with Gasteiger partial charge in [-0.1, -0.05) is 19.4 Å². The number of likely N-dealkylation sites (tertiary alicyclic amines) is 1. The molecule has 0 radical (unpaired) electrons. The van der Waals surface area contributed by atoms with Gasteiger partial charge >= 0.3 is 6.18 Å². The van der Waals surface area contributed by atoms with Crippen molar-refractivity contribution in [2.45, 2.75) is 31.5 Å². The maximum atomic E-state index is 12.6. The van der Waals surface area contributed by atoms with E-state index in [0.29, 0.717) is 6.42 Å². The van der Waals surface area contributed by atoms with Crippen LogP contribution in [0.1, 0.15) is 35.7 Å². The molecule has 1 aromatic carbocycles. The molecule has 1 saturated heterocycles. The molecule has 6 heteroatoms. The van der Waals surface area contributed by atoms with Crippen molar-refractivity contribution in [3.8, 4) is 0 Å². The average molecular weight is 287 g/mol. The number of carbonyl (C=O) groups is 1. The van der Waals surface area contributed by atoms with E-state index in [9.17, 15) is 23.1 Å². The largest absolute Gasteiger partial charge is 0.416 e. The number of benzene rings is 1. The Hall–Kier alpha value is -1.56. The van der Waals surface area contributed by atoms with Gasteiger partial charge in [0.25, 0.3) is 5.91 Å². The minimum absolute atomic E-state index is 0.00151. The molecule has 1 aliphatic rings. The highest BCUT2D eigenvalue weighted by Gasteiger charge is 2.43. The van der Waals surface area contributed by atoms with Crippen molar-refractivity contribution in [2.75, 3.05) is 13.1 Å². The number of halogens is 3. The van der Waals surface area contributed by atoms with Gasteiger partial charge in [0.2, 0.25) is 0 Å². The highest BCUT2D eigenvalue weighted by molar-refractivity contribution is 5.95. The van der Waals surface area contributed by atoms with E-state index in [4.69, 9.17) is 0 Å². The van der Waals surface area contributed by atoms with Crippen LogP contribution in [0.5, 0.6) is 0 Å². The quantitative estimate of drug-likeness (QED) is 0.928.